The lowest BCUT2D eigenvalue weighted by Gasteiger charge is -2.25. The van der Waals surface area contributed by atoms with Crippen molar-refractivity contribution in [2.75, 3.05) is 6.61 Å². The van der Waals surface area contributed by atoms with Gasteiger partial charge in [0.05, 0.1) is 13.0 Å². The quantitative estimate of drug-likeness (QED) is 0.111. The van der Waals surface area contributed by atoms with E-state index in [4.69, 9.17) is 17.2 Å². The van der Waals surface area contributed by atoms with Gasteiger partial charge >= 0.3 is 5.97 Å². The highest BCUT2D eigenvalue weighted by Gasteiger charge is 2.31. The summed E-state index contributed by atoms with van der Waals surface area (Å²) in [7, 11) is 0. The molecule has 2 aromatic rings. The first-order valence-corrected chi connectivity index (χ1v) is 11.5. The number of carboxylic acids is 1. The van der Waals surface area contributed by atoms with Gasteiger partial charge in [-0.2, -0.15) is 0 Å². The SMILES string of the molecule is NC(=O)CCC(NC(=O)C(Cc1c[nH]c2ccccc12)NC(=O)C(N)CO)C(=O)NC(CC(N)=O)C(=O)O. The second-order valence-corrected chi connectivity index (χ2v) is 8.55. The third-order valence-electron chi connectivity index (χ3n) is 5.60. The number of hydrogen-bond acceptors (Lipinski definition) is 8. The van der Waals surface area contributed by atoms with E-state index in [1.54, 1.807) is 24.4 Å². The largest absolute Gasteiger partial charge is 0.480 e. The van der Waals surface area contributed by atoms with Crippen LogP contribution in [0.25, 0.3) is 10.9 Å². The molecular weight excluding hydrogens is 502 g/mol. The van der Waals surface area contributed by atoms with Crippen molar-refractivity contribution in [1.82, 2.24) is 20.9 Å². The highest BCUT2D eigenvalue weighted by Crippen LogP contribution is 2.19. The molecule has 0 fully saturated rings. The molecule has 4 unspecified atom stereocenters. The number of para-hydroxylation sites is 1. The molecule has 0 aliphatic heterocycles. The van der Waals surface area contributed by atoms with Crippen molar-refractivity contribution in [3.63, 3.8) is 0 Å². The molecule has 0 bridgehead atoms. The number of hydrogen-bond donors (Lipinski definition) is 9. The predicted octanol–water partition coefficient (Wildman–Crippen LogP) is -3.29. The second kappa shape index (κ2) is 13.7. The highest BCUT2D eigenvalue weighted by molar-refractivity contribution is 5.95. The zero-order chi connectivity index (χ0) is 28.4. The number of benzene rings is 1. The maximum absolute atomic E-state index is 13.3. The first-order chi connectivity index (χ1) is 17.9. The minimum absolute atomic E-state index is 0.0523. The van der Waals surface area contributed by atoms with E-state index >= 15 is 0 Å². The number of rotatable bonds is 15. The van der Waals surface area contributed by atoms with Crippen LogP contribution in [-0.4, -0.2) is 81.5 Å². The zero-order valence-electron chi connectivity index (χ0n) is 20.3. The van der Waals surface area contributed by atoms with Crippen LogP contribution >= 0.6 is 0 Å². The Morgan fingerprint density at radius 3 is 2.08 bits per heavy atom. The van der Waals surface area contributed by atoms with Gasteiger partial charge in [-0.05, 0) is 18.1 Å². The van der Waals surface area contributed by atoms with Gasteiger partial charge in [0, 0.05) is 29.9 Å². The van der Waals surface area contributed by atoms with E-state index in [0.717, 1.165) is 10.9 Å². The summed E-state index contributed by atoms with van der Waals surface area (Å²) in [4.78, 5) is 75.5. The summed E-state index contributed by atoms with van der Waals surface area (Å²) in [6.45, 7) is -0.687. The molecule has 0 saturated carbocycles. The molecule has 15 nitrogen and oxygen atoms in total. The normalized spacial score (nSPS) is 14.1. The summed E-state index contributed by atoms with van der Waals surface area (Å²) in [5, 5.41) is 26.2. The fourth-order valence-electron chi connectivity index (χ4n) is 3.59. The number of carbonyl (C=O) groups excluding carboxylic acids is 5. The average molecular weight is 534 g/mol. The third kappa shape index (κ3) is 8.56. The van der Waals surface area contributed by atoms with E-state index in [2.05, 4.69) is 20.9 Å². The molecule has 5 amide bonds. The van der Waals surface area contributed by atoms with Crippen molar-refractivity contribution in [2.45, 2.75) is 49.9 Å². The Morgan fingerprint density at radius 2 is 1.47 bits per heavy atom. The first kappa shape index (κ1) is 29.7. The molecule has 2 rings (SSSR count). The molecule has 12 N–H and O–H groups in total. The Bertz CT molecular complexity index is 1200. The van der Waals surface area contributed by atoms with E-state index in [1.165, 1.54) is 0 Å². The molecular formula is C23H31N7O8. The zero-order valence-corrected chi connectivity index (χ0v) is 20.3. The van der Waals surface area contributed by atoms with Crippen LogP contribution in [0.2, 0.25) is 0 Å². The van der Waals surface area contributed by atoms with Crippen LogP contribution in [0.4, 0.5) is 0 Å². The van der Waals surface area contributed by atoms with Gasteiger partial charge in [0.1, 0.15) is 24.2 Å². The van der Waals surface area contributed by atoms with Crippen LogP contribution in [0.15, 0.2) is 30.5 Å². The number of aliphatic carboxylic acids is 1. The van der Waals surface area contributed by atoms with Gasteiger partial charge in [0.15, 0.2) is 0 Å². The minimum Gasteiger partial charge on any atom is -0.480 e. The minimum atomic E-state index is -1.68. The number of primary amides is 2. The molecule has 15 heteroatoms. The summed E-state index contributed by atoms with van der Waals surface area (Å²) < 4.78 is 0. The standard InChI is InChI=1S/C23H31N7O8/c24-13(10-31)20(34)29-16(7-11-9-27-14-4-2-1-3-12(11)14)22(36)28-15(5-6-18(25)32)21(35)30-17(23(37)38)8-19(26)33/h1-4,9,13,15-17,27,31H,5-8,10,24H2,(H2,25,32)(H2,26,33)(H,28,36)(H,29,34)(H,30,35)(H,37,38). The fraction of sp³-hybridized carbons (Fsp3) is 0.391. The van der Waals surface area contributed by atoms with Gasteiger partial charge in [-0.1, -0.05) is 18.2 Å². The number of aliphatic hydroxyl groups excluding tert-OH is 1. The number of carbonyl (C=O) groups is 6. The number of aromatic nitrogens is 1. The van der Waals surface area contributed by atoms with Gasteiger partial charge in [-0.15, -0.1) is 0 Å². The van der Waals surface area contributed by atoms with Gasteiger partial charge in [0.2, 0.25) is 29.5 Å². The van der Waals surface area contributed by atoms with E-state index in [1.807, 2.05) is 6.07 Å². The fourth-order valence-corrected chi connectivity index (χ4v) is 3.59. The van der Waals surface area contributed by atoms with Crippen LogP contribution in [0.1, 0.15) is 24.8 Å². The molecule has 206 valence electrons. The van der Waals surface area contributed by atoms with E-state index in [0.29, 0.717) is 5.56 Å². The van der Waals surface area contributed by atoms with Crippen molar-refractivity contribution in [3.05, 3.63) is 36.0 Å². The molecule has 1 aromatic heterocycles. The molecule has 0 radical (unpaired) electrons. The third-order valence-corrected chi connectivity index (χ3v) is 5.60. The van der Waals surface area contributed by atoms with E-state index in [9.17, 15) is 39.0 Å². The molecule has 4 atom stereocenters. The number of amides is 5. The monoisotopic (exact) mass is 533 g/mol. The Balaban J connectivity index is 2.30. The topological polar surface area (TPSA) is 273 Å². The van der Waals surface area contributed by atoms with Gasteiger partial charge in [-0.3, -0.25) is 24.0 Å². The number of aromatic amines is 1. The summed E-state index contributed by atoms with van der Waals surface area (Å²) in [5.74, 6) is -6.03. The van der Waals surface area contributed by atoms with Gasteiger partial charge in [0.25, 0.3) is 0 Å². The molecule has 1 heterocycles. The predicted molar refractivity (Wildman–Crippen MR) is 133 cm³/mol. The lowest BCUT2D eigenvalue weighted by atomic mass is 10.0. The van der Waals surface area contributed by atoms with Gasteiger partial charge in [-0.25, -0.2) is 4.79 Å². The average Bonchev–Trinajstić information content (AvgIpc) is 3.27. The van der Waals surface area contributed by atoms with Crippen molar-refractivity contribution in [1.29, 1.82) is 0 Å². The Kier molecular flexibility index (Phi) is 10.7. The second-order valence-electron chi connectivity index (χ2n) is 8.55. The lowest BCUT2D eigenvalue weighted by molar-refractivity contribution is -0.144. The lowest BCUT2D eigenvalue weighted by Crippen LogP contribution is -2.58. The molecule has 0 spiro atoms. The van der Waals surface area contributed by atoms with Crippen molar-refractivity contribution >= 4 is 46.4 Å². The maximum Gasteiger partial charge on any atom is 0.326 e. The van der Waals surface area contributed by atoms with Crippen LogP contribution < -0.4 is 33.2 Å². The molecule has 0 saturated heterocycles. The summed E-state index contributed by atoms with van der Waals surface area (Å²) >= 11 is 0. The Morgan fingerprint density at radius 1 is 0.868 bits per heavy atom. The van der Waals surface area contributed by atoms with Crippen molar-refractivity contribution < 1.29 is 39.0 Å². The Labute approximate surface area is 216 Å². The van der Waals surface area contributed by atoms with Crippen LogP contribution in [0, 0.1) is 0 Å². The van der Waals surface area contributed by atoms with E-state index < -0.39 is 72.7 Å². The number of H-pyrrole nitrogens is 1. The first-order valence-electron chi connectivity index (χ1n) is 11.5. The highest BCUT2D eigenvalue weighted by atomic mass is 16.4. The summed E-state index contributed by atoms with van der Waals surface area (Å²) in [5.41, 5.74) is 17.2. The van der Waals surface area contributed by atoms with Gasteiger partial charge < -0.3 is 48.3 Å². The maximum atomic E-state index is 13.3. The number of nitrogens with one attached hydrogen (secondary N) is 4. The number of aliphatic hydroxyl groups is 1. The molecule has 38 heavy (non-hydrogen) atoms. The Hall–Kier alpha value is -4.50. The van der Waals surface area contributed by atoms with Crippen molar-refractivity contribution in [3.8, 4) is 0 Å². The van der Waals surface area contributed by atoms with Crippen molar-refractivity contribution in [2.24, 2.45) is 17.2 Å². The molecule has 0 aliphatic carbocycles. The number of fused-ring (bicyclic) bond motifs is 1. The van der Waals surface area contributed by atoms with Crippen LogP contribution in [0.5, 0.6) is 0 Å². The van der Waals surface area contributed by atoms with E-state index in [-0.39, 0.29) is 19.3 Å². The number of nitrogens with two attached hydrogens (primary N) is 3. The smallest absolute Gasteiger partial charge is 0.326 e. The summed E-state index contributed by atoms with van der Waals surface area (Å²) in [6, 6.07) is 1.44. The van der Waals surface area contributed by atoms with Crippen LogP contribution in [-0.2, 0) is 35.2 Å². The number of carboxylic acid groups (broad SMARTS) is 1. The molecule has 1 aromatic carbocycles. The molecule has 0 aliphatic rings. The van der Waals surface area contributed by atoms with Crippen LogP contribution in [0.3, 0.4) is 0 Å². The summed E-state index contributed by atoms with van der Waals surface area (Å²) in [6.07, 6.45) is 0.224.